The van der Waals surface area contributed by atoms with Gasteiger partial charge in [-0.15, -0.1) is 0 Å². The lowest BCUT2D eigenvalue weighted by Crippen LogP contribution is -2.20. The van der Waals surface area contributed by atoms with E-state index in [1.165, 1.54) is 4.68 Å². The number of methoxy groups -OCH3 is 1. The summed E-state index contributed by atoms with van der Waals surface area (Å²) in [6.07, 6.45) is 1.56. The molecule has 0 aliphatic rings. The van der Waals surface area contributed by atoms with Gasteiger partial charge in [0, 0.05) is 0 Å². The van der Waals surface area contributed by atoms with Gasteiger partial charge in [0.1, 0.15) is 17.1 Å². The van der Waals surface area contributed by atoms with E-state index in [0.29, 0.717) is 40.4 Å². The zero-order chi connectivity index (χ0) is 26.6. The first-order chi connectivity index (χ1) is 18.5. The van der Waals surface area contributed by atoms with Gasteiger partial charge in [-0.25, -0.2) is 9.78 Å². The summed E-state index contributed by atoms with van der Waals surface area (Å²) < 4.78 is 24.0. The standard InChI is InChI=1S/C28H22IN3O6/c1-3-36-26(33)16-37-24-12-11-17(13-20(24)29)15-30-32-27(31-21-8-5-4-7-18(21)28(32)34)25-14-19-22(35-2)9-6-10-23(19)38-25/h4-15H,3,16H2,1-2H3. The first kappa shape index (κ1) is 25.5. The van der Waals surface area contributed by atoms with E-state index in [1.54, 1.807) is 56.6 Å². The first-order valence-corrected chi connectivity index (χ1v) is 12.8. The molecule has 0 saturated carbocycles. The number of para-hydroxylation sites is 1. The molecule has 10 heteroatoms. The molecule has 0 amide bonds. The van der Waals surface area contributed by atoms with Crippen molar-refractivity contribution in [1.29, 1.82) is 0 Å². The van der Waals surface area contributed by atoms with Gasteiger partial charge in [-0.1, -0.05) is 18.2 Å². The first-order valence-electron chi connectivity index (χ1n) is 11.7. The van der Waals surface area contributed by atoms with Crippen molar-refractivity contribution < 1.29 is 23.4 Å². The zero-order valence-corrected chi connectivity index (χ0v) is 22.7. The van der Waals surface area contributed by atoms with E-state index in [2.05, 4.69) is 27.7 Å². The quantitative estimate of drug-likeness (QED) is 0.132. The number of furan rings is 1. The second-order valence-corrected chi connectivity index (χ2v) is 9.24. The molecular formula is C28H22IN3O6. The lowest BCUT2D eigenvalue weighted by atomic mass is 10.2. The number of aromatic nitrogens is 2. The van der Waals surface area contributed by atoms with E-state index >= 15 is 0 Å². The van der Waals surface area contributed by atoms with Crippen LogP contribution in [0.15, 0.2) is 81.0 Å². The number of benzene rings is 3. The van der Waals surface area contributed by atoms with E-state index in [-0.39, 0.29) is 18.0 Å². The van der Waals surface area contributed by atoms with Crippen molar-refractivity contribution in [2.45, 2.75) is 6.92 Å². The van der Waals surface area contributed by atoms with E-state index in [0.717, 1.165) is 14.5 Å². The van der Waals surface area contributed by atoms with Gasteiger partial charge in [0.2, 0.25) is 5.82 Å². The third-order valence-corrected chi connectivity index (χ3v) is 6.49. The molecule has 0 fully saturated rings. The molecule has 0 bridgehead atoms. The van der Waals surface area contributed by atoms with Crippen molar-refractivity contribution in [3.05, 3.63) is 86.2 Å². The number of rotatable bonds is 8. The molecule has 0 unspecified atom stereocenters. The fourth-order valence-corrected chi connectivity index (χ4v) is 4.59. The molecule has 0 N–H and O–H groups in total. The second kappa shape index (κ2) is 11.1. The van der Waals surface area contributed by atoms with Crippen molar-refractivity contribution in [3.63, 3.8) is 0 Å². The molecule has 0 radical (unpaired) electrons. The van der Waals surface area contributed by atoms with E-state index in [9.17, 15) is 9.59 Å². The lowest BCUT2D eigenvalue weighted by Gasteiger charge is -2.09. The van der Waals surface area contributed by atoms with Crippen LogP contribution in [0, 0.1) is 3.57 Å². The number of halogens is 1. The zero-order valence-electron chi connectivity index (χ0n) is 20.5. The molecule has 0 spiro atoms. The SMILES string of the molecule is CCOC(=O)COc1ccc(C=Nn2c(-c3cc4c(OC)cccc4o3)nc3ccccc3c2=O)cc1I. The maximum absolute atomic E-state index is 13.5. The van der Waals surface area contributed by atoms with Gasteiger partial charge in [0.15, 0.2) is 12.4 Å². The number of hydrogen-bond acceptors (Lipinski definition) is 8. The van der Waals surface area contributed by atoms with Gasteiger partial charge < -0.3 is 18.6 Å². The van der Waals surface area contributed by atoms with E-state index in [4.69, 9.17) is 23.6 Å². The summed E-state index contributed by atoms with van der Waals surface area (Å²) in [6.45, 7) is 1.85. The van der Waals surface area contributed by atoms with Crippen LogP contribution in [-0.2, 0) is 9.53 Å². The smallest absolute Gasteiger partial charge is 0.344 e. The Labute approximate surface area is 230 Å². The molecule has 0 aliphatic heterocycles. The highest BCUT2D eigenvalue weighted by atomic mass is 127. The topological polar surface area (TPSA) is 105 Å². The summed E-state index contributed by atoms with van der Waals surface area (Å²) in [5, 5.41) is 5.68. The summed E-state index contributed by atoms with van der Waals surface area (Å²) in [5.41, 5.74) is 1.52. The number of esters is 1. The van der Waals surface area contributed by atoms with Crippen LogP contribution in [0.5, 0.6) is 11.5 Å². The number of nitrogens with zero attached hydrogens (tertiary/aromatic N) is 3. The Kier molecular flexibility index (Phi) is 7.40. The Hall–Kier alpha value is -4.19. The third kappa shape index (κ3) is 5.12. The summed E-state index contributed by atoms with van der Waals surface area (Å²) in [6, 6.07) is 19.7. The number of fused-ring (bicyclic) bond motifs is 2. The number of hydrogen-bond donors (Lipinski definition) is 0. The van der Waals surface area contributed by atoms with Crippen molar-refractivity contribution in [2.24, 2.45) is 5.10 Å². The largest absolute Gasteiger partial charge is 0.496 e. The van der Waals surface area contributed by atoms with Crippen LogP contribution in [0.3, 0.4) is 0 Å². The fraction of sp³-hybridized carbons (Fsp3) is 0.143. The highest BCUT2D eigenvalue weighted by Crippen LogP contribution is 2.33. The monoisotopic (exact) mass is 623 g/mol. The lowest BCUT2D eigenvalue weighted by molar-refractivity contribution is -0.145. The highest BCUT2D eigenvalue weighted by molar-refractivity contribution is 14.1. The minimum absolute atomic E-state index is 0.179. The number of carbonyl (C=O) groups excluding carboxylic acids is 1. The van der Waals surface area contributed by atoms with Crippen molar-refractivity contribution in [2.75, 3.05) is 20.3 Å². The minimum Gasteiger partial charge on any atom is -0.496 e. The van der Waals surface area contributed by atoms with Crippen LogP contribution in [-0.4, -0.2) is 42.2 Å². The van der Waals surface area contributed by atoms with Crippen molar-refractivity contribution in [1.82, 2.24) is 9.66 Å². The van der Waals surface area contributed by atoms with Gasteiger partial charge in [-0.2, -0.15) is 9.78 Å². The Morgan fingerprint density at radius 2 is 1.92 bits per heavy atom. The molecule has 0 aliphatic carbocycles. The number of ether oxygens (including phenoxy) is 3. The van der Waals surface area contributed by atoms with Crippen LogP contribution in [0.1, 0.15) is 12.5 Å². The molecule has 2 heterocycles. The molecule has 3 aromatic carbocycles. The second-order valence-electron chi connectivity index (χ2n) is 8.08. The molecule has 38 heavy (non-hydrogen) atoms. The Bertz CT molecular complexity index is 1740. The summed E-state index contributed by atoms with van der Waals surface area (Å²) >= 11 is 2.11. The highest BCUT2D eigenvalue weighted by Gasteiger charge is 2.18. The summed E-state index contributed by atoms with van der Waals surface area (Å²) in [7, 11) is 1.59. The maximum atomic E-state index is 13.5. The van der Waals surface area contributed by atoms with Gasteiger partial charge in [0.25, 0.3) is 5.56 Å². The maximum Gasteiger partial charge on any atom is 0.344 e. The number of carbonyl (C=O) groups is 1. The molecular weight excluding hydrogens is 601 g/mol. The van der Waals surface area contributed by atoms with E-state index in [1.807, 2.05) is 30.3 Å². The Balaban J connectivity index is 1.55. The normalized spacial score (nSPS) is 11.3. The van der Waals surface area contributed by atoms with Gasteiger partial charge in [-0.05, 0) is 83.6 Å². The van der Waals surface area contributed by atoms with Gasteiger partial charge in [-0.3, -0.25) is 4.79 Å². The predicted octanol–water partition coefficient (Wildman–Crippen LogP) is 5.25. The van der Waals surface area contributed by atoms with Gasteiger partial charge >= 0.3 is 5.97 Å². The Morgan fingerprint density at radius 1 is 1.08 bits per heavy atom. The van der Waals surface area contributed by atoms with Crippen LogP contribution in [0.25, 0.3) is 33.5 Å². The van der Waals surface area contributed by atoms with Crippen LogP contribution in [0.4, 0.5) is 0 Å². The molecule has 0 atom stereocenters. The Morgan fingerprint density at radius 3 is 2.71 bits per heavy atom. The van der Waals surface area contributed by atoms with Crippen LogP contribution < -0.4 is 15.0 Å². The molecule has 2 aromatic heterocycles. The predicted molar refractivity (Wildman–Crippen MR) is 152 cm³/mol. The van der Waals surface area contributed by atoms with Crippen molar-refractivity contribution in [3.8, 4) is 23.1 Å². The molecule has 9 nitrogen and oxygen atoms in total. The molecule has 5 aromatic rings. The molecule has 0 saturated heterocycles. The van der Waals surface area contributed by atoms with Gasteiger partial charge in [0.05, 0.1) is 39.8 Å². The summed E-state index contributed by atoms with van der Waals surface area (Å²) in [5.74, 6) is 1.38. The van der Waals surface area contributed by atoms with Crippen LogP contribution >= 0.6 is 22.6 Å². The van der Waals surface area contributed by atoms with Crippen molar-refractivity contribution >= 4 is 56.6 Å². The van der Waals surface area contributed by atoms with Crippen LogP contribution in [0.2, 0.25) is 0 Å². The minimum atomic E-state index is -0.437. The molecule has 5 rings (SSSR count). The third-order valence-electron chi connectivity index (χ3n) is 5.64. The fourth-order valence-electron chi connectivity index (χ4n) is 3.89. The van der Waals surface area contributed by atoms with E-state index < -0.39 is 5.97 Å². The average Bonchev–Trinajstić information content (AvgIpc) is 3.36. The summed E-state index contributed by atoms with van der Waals surface area (Å²) in [4.78, 5) is 29.8. The molecule has 192 valence electrons. The average molecular weight is 623 g/mol.